The van der Waals surface area contributed by atoms with Crippen molar-refractivity contribution >= 4 is 6.03 Å². The van der Waals surface area contributed by atoms with Gasteiger partial charge in [0.05, 0.1) is 0 Å². The van der Waals surface area contributed by atoms with Crippen molar-refractivity contribution in [2.24, 2.45) is 17.8 Å². The molecule has 0 radical (unpaired) electrons. The second-order valence-electron chi connectivity index (χ2n) is 5.60. The van der Waals surface area contributed by atoms with Crippen molar-refractivity contribution in [3.05, 3.63) is 0 Å². The van der Waals surface area contributed by atoms with Gasteiger partial charge in [-0.25, -0.2) is 4.79 Å². The van der Waals surface area contributed by atoms with Gasteiger partial charge in [-0.05, 0) is 43.9 Å². The van der Waals surface area contributed by atoms with E-state index in [1.165, 1.54) is 19.3 Å². The summed E-state index contributed by atoms with van der Waals surface area (Å²) < 4.78 is 0. The van der Waals surface area contributed by atoms with Gasteiger partial charge in [-0.3, -0.25) is 0 Å². The van der Waals surface area contributed by atoms with Gasteiger partial charge >= 0.3 is 6.03 Å². The van der Waals surface area contributed by atoms with Crippen LogP contribution < -0.4 is 10.6 Å². The minimum Gasteiger partial charge on any atom is -0.396 e. The predicted octanol–water partition coefficient (Wildman–Crippen LogP) is 0.855. The lowest BCUT2D eigenvalue weighted by atomic mass is 9.85. The number of urea groups is 1. The zero-order valence-corrected chi connectivity index (χ0v) is 9.48. The van der Waals surface area contributed by atoms with Crippen LogP contribution in [0.1, 0.15) is 32.1 Å². The van der Waals surface area contributed by atoms with Crippen LogP contribution in [0.5, 0.6) is 0 Å². The first-order chi connectivity index (χ1) is 7.78. The van der Waals surface area contributed by atoms with Crippen molar-refractivity contribution in [1.29, 1.82) is 0 Å². The molecule has 4 atom stereocenters. The third-order valence-electron chi connectivity index (χ3n) is 4.51. The molecule has 2 amide bonds. The molecule has 16 heavy (non-hydrogen) atoms. The SMILES string of the molecule is O=C(NC1CC1)N[C@@H]1[C@@H]2CC[C@@H](C2)[C@@H]1CO. The molecule has 3 fully saturated rings. The Bertz CT molecular complexity index is 291. The summed E-state index contributed by atoms with van der Waals surface area (Å²) >= 11 is 0. The van der Waals surface area contributed by atoms with E-state index in [2.05, 4.69) is 10.6 Å². The molecular weight excluding hydrogens is 204 g/mol. The Morgan fingerprint density at radius 3 is 2.56 bits per heavy atom. The van der Waals surface area contributed by atoms with E-state index < -0.39 is 0 Å². The van der Waals surface area contributed by atoms with Gasteiger partial charge in [-0.1, -0.05) is 0 Å². The zero-order valence-electron chi connectivity index (χ0n) is 9.48. The highest BCUT2D eigenvalue weighted by molar-refractivity contribution is 5.75. The van der Waals surface area contributed by atoms with Crippen LogP contribution in [0.25, 0.3) is 0 Å². The van der Waals surface area contributed by atoms with Crippen LogP contribution in [0.3, 0.4) is 0 Å². The van der Waals surface area contributed by atoms with Gasteiger partial charge in [0.25, 0.3) is 0 Å². The summed E-state index contributed by atoms with van der Waals surface area (Å²) in [6, 6.07) is 0.590. The highest BCUT2D eigenvalue weighted by atomic mass is 16.3. The van der Waals surface area contributed by atoms with E-state index in [0.29, 0.717) is 23.8 Å². The monoisotopic (exact) mass is 224 g/mol. The molecule has 90 valence electrons. The molecule has 0 aromatic rings. The molecule has 0 aromatic carbocycles. The van der Waals surface area contributed by atoms with Gasteiger partial charge in [0.2, 0.25) is 0 Å². The van der Waals surface area contributed by atoms with Crippen molar-refractivity contribution in [3.8, 4) is 0 Å². The Kier molecular flexibility index (Phi) is 2.54. The molecule has 3 saturated carbocycles. The maximum Gasteiger partial charge on any atom is 0.315 e. The molecule has 0 heterocycles. The van der Waals surface area contributed by atoms with E-state index in [9.17, 15) is 9.90 Å². The molecule has 0 aliphatic heterocycles. The van der Waals surface area contributed by atoms with Crippen molar-refractivity contribution < 1.29 is 9.90 Å². The minimum absolute atomic E-state index is 0.0292. The maximum absolute atomic E-state index is 11.7. The molecule has 3 aliphatic carbocycles. The number of hydrogen-bond acceptors (Lipinski definition) is 2. The zero-order chi connectivity index (χ0) is 11.1. The number of carbonyl (C=O) groups excluding carboxylic acids is 1. The first-order valence-corrected chi connectivity index (χ1v) is 6.46. The highest BCUT2D eigenvalue weighted by Gasteiger charge is 2.47. The van der Waals surface area contributed by atoms with Crippen molar-refractivity contribution in [1.82, 2.24) is 10.6 Å². The lowest BCUT2D eigenvalue weighted by molar-refractivity contribution is 0.144. The van der Waals surface area contributed by atoms with Crippen LogP contribution in [0, 0.1) is 17.8 Å². The first kappa shape index (κ1) is 10.4. The minimum atomic E-state index is -0.0292. The van der Waals surface area contributed by atoms with Gasteiger partial charge in [0.1, 0.15) is 0 Å². The number of fused-ring (bicyclic) bond motifs is 2. The predicted molar refractivity (Wildman–Crippen MR) is 59.9 cm³/mol. The van der Waals surface area contributed by atoms with Crippen LogP contribution in [0.4, 0.5) is 4.79 Å². The number of carbonyl (C=O) groups is 1. The molecule has 0 aromatic heterocycles. The summed E-state index contributed by atoms with van der Waals surface area (Å²) in [5.74, 6) is 1.54. The Hall–Kier alpha value is -0.770. The van der Waals surface area contributed by atoms with E-state index in [0.717, 1.165) is 12.8 Å². The van der Waals surface area contributed by atoms with Crippen LogP contribution in [0.15, 0.2) is 0 Å². The summed E-state index contributed by atoms with van der Waals surface area (Å²) in [6.07, 6.45) is 5.88. The van der Waals surface area contributed by atoms with Gasteiger partial charge in [-0.15, -0.1) is 0 Å². The van der Waals surface area contributed by atoms with E-state index in [1.54, 1.807) is 0 Å². The average molecular weight is 224 g/mol. The average Bonchev–Trinajstić information content (AvgIpc) is 2.86. The second kappa shape index (κ2) is 3.91. The van der Waals surface area contributed by atoms with Crippen molar-refractivity contribution in [2.45, 2.75) is 44.2 Å². The molecule has 4 nitrogen and oxygen atoms in total. The van der Waals surface area contributed by atoms with Crippen LogP contribution in [-0.2, 0) is 0 Å². The number of aliphatic hydroxyl groups excluding tert-OH is 1. The molecule has 3 rings (SSSR count). The molecular formula is C12H20N2O2. The Morgan fingerprint density at radius 2 is 1.88 bits per heavy atom. The fourth-order valence-electron chi connectivity index (χ4n) is 3.50. The van der Waals surface area contributed by atoms with E-state index in [-0.39, 0.29) is 18.7 Å². The molecule has 0 spiro atoms. The third-order valence-corrected chi connectivity index (χ3v) is 4.51. The quantitative estimate of drug-likeness (QED) is 0.665. The molecule has 3 N–H and O–H groups in total. The first-order valence-electron chi connectivity index (χ1n) is 6.46. The van der Waals surface area contributed by atoms with Crippen LogP contribution in [0.2, 0.25) is 0 Å². The Morgan fingerprint density at radius 1 is 1.12 bits per heavy atom. The van der Waals surface area contributed by atoms with Crippen molar-refractivity contribution in [3.63, 3.8) is 0 Å². The highest BCUT2D eigenvalue weighted by Crippen LogP contribution is 2.48. The fraction of sp³-hybridized carbons (Fsp3) is 0.917. The smallest absolute Gasteiger partial charge is 0.315 e. The van der Waals surface area contributed by atoms with Gasteiger partial charge in [0, 0.05) is 24.6 Å². The summed E-state index contributed by atoms with van der Waals surface area (Å²) in [4.78, 5) is 11.7. The summed E-state index contributed by atoms with van der Waals surface area (Å²) in [5.41, 5.74) is 0. The Labute approximate surface area is 95.8 Å². The number of nitrogens with one attached hydrogen (secondary N) is 2. The number of amides is 2. The van der Waals surface area contributed by atoms with Crippen molar-refractivity contribution in [2.75, 3.05) is 6.61 Å². The van der Waals surface area contributed by atoms with Crippen LogP contribution >= 0.6 is 0 Å². The molecule has 0 unspecified atom stereocenters. The van der Waals surface area contributed by atoms with E-state index in [1.807, 2.05) is 0 Å². The molecule has 0 saturated heterocycles. The molecule has 3 aliphatic rings. The van der Waals surface area contributed by atoms with Gasteiger partial charge in [0.15, 0.2) is 0 Å². The lowest BCUT2D eigenvalue weighted by Gasteiger charge is -2.30. The largest absolute Gasteiger partial charge is 0.396 e. The topological polar surface area (TPSA) is 61.4 Å². The van der Waals surface area contributed by atoms with Gasteiger partial charge in [-0.2, -0.15) is 0 Å². The number of hydrogen-bond donors (Lipinski definition) is 3. The standard InChI is InChI=1S/C12H20N2O2/c15-6-10-7-1-2-8(5-7)11(10)14-12(16)13-9-3-4-9/h7-11,15H,1-6H2,(H2,13,14,16)/t7-,8+,10-,11+/m0/s1. The van der Waals surface area contributed by atoms with E-state index in [4.69, 9.17) is 0 Å². The number of aliphatic hydroxyl groups is 1. The Balaban J connectivity index is 1.58. The lowest BCUT2D eigenvalue weighted by Crippen LogP contribution is -2.49. The van der Waals surface area contributed by atoms with Crippen LogP contribution in [-0.4, -0.2) is 29.8 Å². The molecule has 4 heteroatoms. The molecule has 2 bridgehead atoms. The third kappa shape index (κ3) is 1.79. The normalized spacial score (nSPS) is 41.1. The number of rotatable bonds is 3. The van der Waals surface area contributed by atoms with E-state index >= 15 is 0 Å². The summed E-state index contributed by atoms with van der Waals surface area (Å²) in [6.45, 7) is 0.218. The summed E-state index contributed by atoms with van der Waals surface area (Å²) in [5, 5.41) is 15.4. The second-order valence-corrected chi connectivity index (χ2v) is 5.60. The van der Waals surface area contributed by atoms with Gasteiger partial charge < -0.3 is 15.7 Å². The fourth-order valence-corrected chi connectivity index (χ4v) is 3.50. The maximum atomic E-state index is 11.7. The summed E-state index contributed by atoms with van der Waals surface area (Å²) in [7, 11) is 0.